The number of hydrogen-bond acceptors (Lipinski definition) is 6. The third kappa shape index (κ3) is 6.25. The highest BCUT2D eigenvalue weighted by molar-refractivity contribution is 6.30. The molecule has 0 bridgehead atoms. The molecule has 0 atom stereocenters. The number of piperidine rings is 1. The molecule has 0 spiro atoms. The maximum Gasteiger partial charge on any atom is 0.315 e. The maximum absolute atomic E-state index is 15.3. The summed E-state index contributed by atoms with van der Waals surface area (Å²) in [7, 11) is 1.56. The minimum Gasteiger partial charge on any atom is -0.497 e. The zero-order chi connectivity index (χ0) is 30.7. The topological polar surface area (TPSA) is 68.3 Å². The number of amides is 1. The molecule has 1 fully saturated rings. The van der Waals surface area contributed by atoms with E-state index in [0.717, 1.165) is 17.7 Å². The Bertz CT molecular complexity index is 1510. The average Bonchev–Trinajstić information content (AvgIpc) is 3.00. The summed E-state index contributed by atoms with van der Waals surface area (Å²) in [4.78, 5) is 29.3. The number of rotatable bonds is 9. The van der Waals surface area contributed by atoms with Crippen molar-refractivity contribution in [3.8, 4) is 11.5 Å². The fourth-order valence-electron chi connectivity index (χ4n) is 5.67. The van der Waals surface area contributed by atoms with E-state index < -0.39 is 28.8 Å². The molecule has 43 heavy (non-hydrogen) atoms. The van der Waals surface area contributed by atoms with Crippen molar-refractivity contribution in [2.75, 3.05) is 43.2 Å². The summed E-state index contributed by atoms with van der Waals surface area (Å²) < 4.78 is 60.8. The first-order valence-corrected chi connectivity index (χ1v) is 14.5. The Hall–Kier alpha value is -3.92. The molecule has 0 aliphatic carbocycles. The molecule has 0 aromatic heterocycles. The van der Waals surface area contributed by atoms with Crippen LogP contribution in [-0.2, 0) is 27.3 Å². The van der Waals surface area contributed by atoms with Crippen LogP contribution in [0.2, 0.25) is 5.02 Å². The van der Waals surface area contributed by atoms with Gasteiger partial charge in [-0.3, -0.25) is 9.59 Å². The van der Waals surface area contributed by atoms with Crippen molar-refractivity contribution in [1.29, 1.82) is 0 Å². The van der Waals surface area contributed by atoms with Gasteiger partial charge in [0.1, 0.15) is 41.0 Å². The quantitative estimate of drug-likeness (QED) is 0.203. The third-order valence-electron chi connectivity index (χ3n) is 8.11. The van der Waals surface area contributed by atoms with Crippen LogP contribution in [0.5, 0.6) is 11.5 Å². The van der Waals surface area contributed by atoms with Gasteiger partial charge in [-0.2, -0.15) is 0 Å². The van der Waals surface area contributed by atoms with E-state index in [4.69, 9.17) is 25.8 Å². The van der Waals surface area contributed by atoms with Gasteiger partial charge in [-0.1, -0.05) is 23.7 Å². The van der Waals surface area contributed by atoms with Gasteiger partial charge in [-0.05, 0) is 62.1 Å². The first-order chi connectivity index (χ1) is 20.7. The molecule has 0 radical (unpaired) electrons. The summed E-state index contributed by atoms with van der Waals surface area (Å²) in [6.45, 7) is 2.45. The molecule has 2 aliphatic heterocycles. The van der Waals surface area contributed by atoms with Gasteiger partial charge in [0, 0.05) is 31.1 Å². The molecular weight excluding hydrogens is 585 g/mol. The van der Waals surface area contributed by atoms with Crippen LogP contribution in [-0.4, -0.2) is 45.3 Å². The van der Waals surface area contributed by atoms with Crippen LogP contribution >= 0.6 is 11.6 Å². The predicted molar refractivity (Wildman–Crippen MR) is 156 cm³/mol. The molecule has 7 nitrogen and oxygen atoms in total. The van der Waals surface area contributed by atoms with Crippen LogP contribution in [0, 0.1) is 22.9 Å². The fraction of sp³-hybridized carbons (Fsp3) is 0.375. The van der Waals surface area contributed by atoms with E-state index in [1.807, 2.05) is 12.1 Å². The zero-order valence-electron chi connectivity index (χ0n) is 23.9. The SMILES string of the molecule is CCOC(=O)C1(COc2ccc(F)c3c2CCC(=O)N3Cc2ccc(OC)cc2)CCN(c2cc(F)c(Cl)cc2F)CC1. The number of halogens is 4. The van der Waals surface area contributed by atoms with Gasteiger partial charge in [0.2, 0.25) is 5.91 Å². The second-order valence-corrected chi connectivity index (χ2v) is 11.1. The molecule has 0 N–H and O–H groups in total. The molecule has 2 heterocycles. The molecule has 0 unspecified atom stereocenters. The van der Waals surface area contributed by atoms with Gasteiger partial charge in [0.15, 0.2) is 0 Å². The Morgan fingerprint density at radius 3 is 2.37 bits per heavy atom. The van der Waals surface area contributed by atoms with E-state index in [0.29, 0.717) is 17.1 Å². The smallest absolute Gasteiger partial charge is 0.315 e. The van der Waals surface area contributed by atoms with E-state index in [1.54, 1.807) is 31.1 Å². The first-order valence-electron chi connectivity index (χ1n) is 14.1. The summed E-state index contributed by atoms with van der Waals surface area (Å²) in [5, 5.41) is -0.306. The molecule has 5 rings (SSSR count). The van der Waals surface area contributed by atoms with Crippen molar-refractivity contribution < 1.29 is 37.0 Å². The molecular formula is C32H32ClF3N2O5. The summed E-state index contributed by atoms with van der Waals surface area (Å²) >= 11 is 5.71. The summed E-state index contributed by atoms with van der Waals surface area (Å²) in [6, 6.07) is 11.9. The number of methoxy groups -OCH3 is 1. The van der Waals surface area contributed by atoms with Crippen molar-refractivity contribution in [3.63, 3.8) is 0 Å². The van der Waals surface area contributed by atoms with Gasteiger partial charge in [0.05, 0.1) is 36.7 Å². The highest BCUT2D eigenvalue weighted by Crippen LogP contribution is 2.41. The monoisotopic (exact) mass is 616 g/mol. The largest absolute Gasteiger partial charge is 0.497 e. The molecule has 3 aromatic rings. The second kappa shape index (κ2) is 12.8. The molecule has 3 aromatic carbocycles. The molecule has 228 valence electrons. The lowest BCUT2D eigenvalue weighted by Gasteiger charge is -2.41. The van der Waals surface area contributed by atoms with Crippen molar-refractivity contribution in [2.45, 2.75) is 39.2 Å². The lowest BCUT2D eigenvalue weighted by Crippen LogP contribution is -2.48. The Morgan fingerprint density at radius 1 is 0.977 bits per heavy atom. The number of fused-ring (bicyclic) bond motifs is 1. The van der Waals surface area contributed by atoms with E-state index in [1.165, 1.54) is 17.0 Å². The lowest BCUT2D eigenvalue weighted by atomic mass is 9.78. The molecule has 1 amide bonds. The van der Waals surface area contributed by atoms with Gasteiger partial charge < -0.3 is 24.0 Å². The van der Waals surface area contributed by atoms with Crippen molar-refractivity contribution in [2.24, 2.45) is 5.41 Å². The van der Waals surface area contributed by atoms with Crippen LogP contribution < -0.4 is 19.3 Å². The number of nitrogens with zero attached hydrogens (tertiary/aromatic N) is 2. The molecule has 11 heteroatoms. The van der Waals surface area contributed by atoms with Crippen LogP contribution in [0.15, 0.2) is 48.5 Å². The van der Waals surface area contributed by atoms with E-state index in [-0.39, 0.29) is 80.8 Å². The second-order valence-electron chi connectivity index (χ2n) is 10.7. The van der Waals surface area contributed by atoms with Gasteiger partial charge in [0.25, 0.3) is 0 Å². The Labute approximate surface area is 253 Å². The number of carbonyl (C=O) groups excluding carboxylic acids is 2. The van der Waals surface area contributed by atoms with Gasteiger partial charge >= 0.3 is 5.97 Å². The number of anilines is 2. The average molecular weight is 617 g/mol. The third-order valence-corrected chi connectivity index (χ3v) is 8.40. The summed E-state index contributed by atoms with van der Waals surface area (Å²) in [6.07, 6.45) is 0.952. The van der Waals surface area contributed by atoms with E-state index in [9.17, 15) is 18.4 Å². The highest BCUT2D eigenvalue weighted by Gasteiger charge is 2.44. The van der Waals surface area contributed by atoms with Gasteiger partial charge in [-0.15, -0.1) is 0 Å². The number of benzene rings is 3. The zero-order valence-corrected chi connectivity index (χ0v) is 24.7. The Kier molecular flexibility index (Phi) is 9.05. The van der Waals surface area contributed by atoms with Crippen LogP contribution in [0.3, 0.4) is 0 Å². The summed E-state index contributed by atoms with van der Waals surface area (Å²) in [5.74, 6) is -1.55. The minimum absolute atomic E-state index is 0.0644. The summed E-state index contributed by atoms with van der Waals surface area (Å²) in [5.41, 5.74) is 0.503. The van der Waals surface area contributed by atoms with Crippen LogP contribution in [0.4, 0.5) is 24.5 Å². The highest BCUT2D eigenvalue weighted by atomic mass is 35.5. The minimum atomic E-state index is -1.07. The van der Waals surface area contributed by atoms with Crippen LogP contribution in [0.25, 0.3) is 0 Å². The fourth-order valence-corrected chi connectivity index (χ4v) is 5.82. The van der Waals surface area contributed by atoms with Crippen molar-refractivity contribution in [1.82, 2.24) is 0 Å². The molecule has 2 aliphatic rings. The predicted octanol–water partition coefficient (Wildman–Crippen LogP) is 6.47. The Morgan fingerprint density at radius 2 is 1.70 bits per heavy atom. The number of hydrogen-bond donors (Lipinski definition) is 0. The normalized spacial score (nSPS) is 16.1. The Balaban J connectivity index is 1.37. The van der Waals surface area contributed by atoms with E-state index >= 15 is 4.39 Å². The standard InChI is InChI=1S/C32H32ClF3N2O5/c1-3-42-31(40)32(12-14-37(15-13-32)27-17-25(35)23(33)16-26(27)36)19-43-28-10-9-24(34)30-22(28)8-11-29(39)38(30)18-20-4-6-21(41-2)7-5-20/h4-7,9-10,16-17H,3,8,11-15,18-19H2,1-2H3. The number of carbonyl (C=O) groups is 2. The lowest BCUT2D eigenvalue weighted by molar-refractivity contribution is -0.159. The van der Waals surface area contributed by atoms with Crippen molar-refractivity contribution in [3.05, 3.63) is 82.1 Å². The van der Waals surface area contributed by atoms with Gasteiger partial charge in [-0.25, -0.2) is 13.2 Å². The van der Waals surface area contributed by atoms with E-state index in [2.05, 4.69) is 0 Å². The number of esters is 1. The van der Waals surface area contributed by atoms with Crippen molar-refractivity contribution >= 4 is 34.9 Å². The molecule has 1 saturated heterocycles. The first kappa shape index (κ1) is 30.5. The molecule has 0 saturated carbocycles. The van der Waals surface area contributed by atoms with Crippen LogP contribution in [0.1, 0.15) is 37.3 Å². The maximum atomic E-state index is 15.3. The number of ether oxygens (including phenoxy) is 3.